The molecule has 2 aromatic heterocycles. The fourth-order valence-electron chi connectivity index (χ4n) is 2.06. The molecule has 0 fully saturated rings. The van der Waals surface area contributed by atoms with E-state index in [2.05, 4.69) is 19.9 Å². The molecule has 0 radical (unpaired) electrons. The molecule has 7 nitrogen and oxygen atoms in total. The molecule has 28 heavy (non-hydrogen) atoms. The highest BCUT2D eigenvalue weighted by atomic mass is 19.4. The summed E-state index contributed by atoms with van der Waals surface area (Å²) in [7, 11) is 0. The minimum atomic E-state index is -4.77. The number of hydrogen-bond acceptors (Lipinski definition) is 7. The highest BCUT2D eigenvalue weighted by Gasteiger charge is 2.31. The van der Waals surface area contributed by atoms with Crippen molar-refractivity contribution in [1.29, 1.82) is 0 Å². The molecule has 0 aliphatic heterocycles. The normalized spacial score (nSPS) is 11.5. The lowest BCUT2D eigenvalue weighted by molar-refractivity contribution is -0.274. The van der Waals surface area contributed by atoms with Crippen LogP contribution < -0.4 is 4.74 Å². The van der Waals surface area contributed by atoms with Crippen LogP contribution in [0.2, 0.25) is 0 Å². The van der Waals surface area contributed by atoms with Gasteiger partial charge in [-0.15, -0.1) is 13.2 Å². The van der Waals surface area contributed by atoms with E-state index in [1.165, 1.54) is 18.2 Å². The van der Waals surface area contributed by atoms with E-state index in [9.17, 15) is 18.0 Å². The molecule has 3 aromatic rings. The largest absolute Gasteiger partial charge is 0.573 e. The topological polar surface area (TPSA) is 87.3 Å². The zero-order chi connectivity index (χ0) is 20.0. The van der Waals surface area contributed by atoms with Crippen LogP contribution in [0, 0.1) is 0 Å². The van der Waals surface area contributed by atoms with Gasteiger partial charge in [0.2, 0.25) is 5.82 Å². The van der Waals surface area contributed by atoms with Gasteiger partial charge < -0.3 is 14.0 Å². The fraction of sp³-hybridized carbons (Fsp3) is 0.111. The summed E-state index contributed by atoms with van der Waals surface area (Å²) in [5, 5.41) is 3.70. The SMILES string of the molecule is O=C(/C=C/c1cccnc1)OCc1nc(-c2ccc(OC(F)(F)F)cc2)no1. The number of carbonyl (C=O) groups excluding carboxylic acids is 1. The fourth-order valence-corrected chi connectivity index (χ4v) is 2.06. The summed E-state index contributed by atoms with van der Waals surface area (Å²) in [5.74, 6) is -0.809. The van der Waals surface area contributed by atoms with E-state index < -0.39 is 12.3 Å². The van der Waals surface area contributed by atoms with Crippen LogP contribution in [0.4, 0.5) is 13.2 Å². The monoisotopic (exact) mass is 391 g/mol. The first-order valence-electron chi connectivity index (χ1n) is 7.83. The van der Waals surface area contributed by atoms with Gasteiger partial charge in [-0.2, -0.15) is 4.98 Å². The summed E-state index contributed by atoms with van der Waals surface area (Å²) in [6.07, 6.45) is 1.20. The van der Waals surface area contributed by atoms with E-state index in [0.717, 1.165) is 17.7 Å². The van der Waals surface area contributed by atoms with Crippen molar-refractivity contribution >= 4 is 12.0 Å². The molecule has 0 amide bonds. The van der Waals surface area contributed by atoms with Crippen molar-refractivity contribution in [2.24, 2.45) is 0 Å². The Balaban J connectivity index is 1.55. The van der Waals surface area contributed by atoms with Gasteiger partial charge in [0.15, 0.2) is 6.61 Å². The minimum absolute atomic E-state index is 0.0359. The van der Waals surface area contributed by atoms with Crippen LogP contribution in [-0.4, -0.2) is 27.5 Å². The molecule has 0 unspecified atom stereocenters. The lowest BCUT2D eigenvalue weighted by Crippen LogP contribution is -2.16. The molecule has 0 N–H and O–H groups in total. The highest BCUT2D eigenvalue weighted by molar-refractivity contribution is 5.86. The maximum Gasteiger partial charge on any atom is 0.573 e. The number of ether oxygens (including phenoxy) is 2. The second kappa shape index (κ2) is 8.33. The highest BCUT2D eigenvalue weighted by Crippen LogP contribution is 2.25. The van der Waals surface area contributed by atoms with Gasteiger partial charge >= 0.3 is 12.3 Å². The molecule has 0 atom stereocenters. The van der Waals surface area contributed by atoms with E-state index in [1.807, 2.05) is 0 Å². The van der Waals surface area contributed by atoms with Crippen LogP contribution in [-0.2, 0) is 16.1 Å². The molecule has 3 rings (SSSR count). The van der Waals surface area contributed by atoms with E-state index in [1.54, 1.807) is 30.6 Å². The molecule has 0 saturated heterocycles. The first-order valence-corrected chi connectivity index (χ1v) is 7.83. The van der Waals surface area contributed by atoms with Crippen LogP contribution in [0.3, 0.4) is 0 Å². The molecule has 144 valence electrons. The number of benzene rings is 1. The van der Waals surface area contributed by atoms with Crippen LogP contribution in [0.25, 0.3) is 17.5 Å². The van der Waals surface area contributed by atoms with Gasteiger partial charge in [-0.1, -0.05) is 11.2 Å². The summed E-state index contributed by atoms with van der Waals surface area (Å²) < 4.78 is 50.2. The molecular formula is C18H12F3N3O4. The maximum atomic E-state index is 12.2. The lowest BCUT2D eigenvalue weighted by atomic mass is 10.2. The van der Waals surface area contributed by atoms with Crippen LogP contribution >= 0.6 is 0 Å². The Bertz CT molecular complexity index is 954. The van der Waals surface area contributed by atoms with Gasteiger partial charge in [0.25, 0.3) is 5.89 Å². The lowest BCUT2D eigenvalue weighted by Gasteiger charge is -2.08. The molecule has 1 aromatic carbocycles. The van der Waals surface area contributed by atoms with Gasteiger partial charge in [0.05, 0.1) is 0 Å². The van der Waals surface area contributed by atoms with Crippen molar-refractivity contribution in [2.75, 3.05) is 0 Å². The van der Waals surface area contributed by atoms with Crippen molar-refractivity contribution in [1.82, 2.24) is 15.1 Å². The van der Waals surface area contributed by atoms with Gasteiger partial charge in [-0.25, -0.2) is 4.79 Å². The van der Waals surface area contributed by atoms with Crippen LogP contribution in [0.15, 0.2) is 59.4 Å². The summed E-state index contributed by atoms with van der Waals surface area (Å²) in [5.41, 5.74) is 1.14. The maximum absolute atomic E-state index is 12.2. The Hall–Kier alpha value is -3.69. The Morgan fingerprint density at radius 1 is 1.18 bits per heavy atom. The zero-order valence-electron chi connectivity index (χ0n) is 14.1. The minimum Gasteiger partial charge on any atom is -0.452 e. The van der Waals surface area contributed by atoms with Gasteiger partial charge in [-0.05, 0) is 42.0 Å². The van der Waals surface area contributed by atoms with Gasteiger partial charge in [0.1, 0.15) is 5.75 Å². The molecule has 0 spiro atoms. The number of nitrogens with zero attached hydrogens (tertiary/aromatic N) is 3. The summed E-state index contributed by atoms with van der Waals surface area (Å²) in [6, 6.07) is 8.44. The molecule has 0 aliphatic carbocycles. The zero-order valence-corrected chi connectivity index (χ0v) is 14.1. The summed E-state index contributed by atoms with van der Waals surface area (Å²) >= 11 is 0. The molecule has 0 aliphatic rings. The third kappa shape index (κ3) is 5.66. The predicted molar refractivity (Wildman–Crippen MR) is 89.5 cm³/mol. The average Bonchev–Trinajstić information content (AvgIpc) is 3.14. The van der Waals surface area contributed by atoms with Crippen molar-refractivity contribution in [2.45, 2.75) is 13.0 Å². The molecule has 10 heteroatoms. The van der Waals surface area contributed by atoms with E-state index >= 15 is 0 Å². The van der Waals surface area contributed by atoms with Crippen molar-refractivity contribution < 1.29 is 32.0 Å². The average molecular weight is 391 g/mol. The smallest absolute Gasteiger partial charge is 0.452 e. The van der Waals surface area contributed by atoms with Crippen molar-refractivity contribution in [3.05, 3.63) is 66.3 Å². The molecule has 0 saturated carbocycles. The Kier molecular flexibility index (Phi) is 5.68. The third-order valence-electron chi connectivity index (χ3n) is 3.25. The number of aromatic nitrogens is 3. The Morgan fingerprint density at radius 3 is 2.64 bits per heavy atom. The number of pyridine rings is 1. The molecule has 2 heterocycles. The summed E-state index contributed by atoms with van der Waals surface area (Å²) in [4.78, 5) is 19.6. The van der Waals surface area contributed by atoms with Crippen molar-refractivity contribution in [3.8, 4) is 17.1 Å². The first kappa shape index (κ1) is 19.1. The number of halogens is 3. The van der Waals surface area contributed by atoms with Crippen LogP contribution in [0.1, 0.15) is 11.5 Å². The number of rotatable bonds is 6. The second-order valence-corrected chi connectivity index (χ2v) is 5.31. The molecule has 0 bridgehead atoms. The number of carbonyl (C=O) groups is 1. The van der Waals surface area contributed by atoms with Gasteiger partial charge in [0, 0.05) is 24.0 Å². The number of esters is 1. The quantitative estimate of drug-likeness (QED) is 0.467. The van der Waals surface area contributed by atoms with E-state index in [-0.39, 0.29) is 24.1 Å². The number of alkyl halides is 3. The van der Waals surface area contributed by atoms with Crippen LogP contribution in [0.5, 0.6) is 5.75 Å². The predicted octanol–water partition coefficient (Wildman–Crippen LogP) is 3.79. The Morgan fingerprint density at radius 2 is 1.96 bits per heavy atom. The Labute approximate surface area is 156 Å². The third-order valence-corrected chi connectivity index (χ3v) is 3.25. The molecular weight excluding hydrogens is 379 g/mol. The van der Waals surface area contributed by atoms with Gasteiger partial charge in [-0.3, -0.25) is 4.98 Å². The van der Waals surface area contributed by atoms with Crippen molar-refractivity contribution in [3.63, 3.8) is 0 Å². The standard InChI is InChI=1S/C18H12F3N3O4/c19-18(20,21)27-14-6-4-13(5-7-14)17-23-15(28-24-17)11-26-16(25)8-3-12-2-1-9-22-10-12/h1-10H,11H2/b8-3+. The first-order chi connectivity index (χ1) is 13.4. The second-order valence-electron chi connectivity index (χ2n) is 5.31. The summed E-state index contributed by atoms with van der Waals surface area (Å²) in [6.45, 7) is -0.252. The van der Waals surface area contributed by atoms with E-state index in [0.29, 0.717) is 5.56 Å². The number of hydrogen-bond donors (Lipinski definition) is 0. The van der Waals surface area contributed by atoms with E-state index in [4.69, 9.17) is 9.26 Å².